The van der Waals surface area contributed by atoms with Gasteiger partial charge in [0.05, 0.1) is 17.0 Å². The number of amides is 2. The van der Waals surface area contributed by atoms with E-state index in [0.29, 0.717) is 39.5 Å². The molecule has 0 saturated carbocycles. The molecule has 1 spiro atoms. The first kappa shape index (κ1) is 21.3. The highest BCUT2D eigenvalue weighted by Crippen LogP contribution is 2.57. The summed E-state index contributed by atoms with van der Waals surface area (Å²) in [6.45, 7) is 4.35. The maximum absolute atomic E-state index is 14.4. The summed E-state index contributed by atoms with van der Waals surface area (Å²) in [6, 6.07) is 13.1. The molecule has 8 heteroatoms. The topological polar surface area (TPSA) is 86.7 Å². The molecule has 3 heterocycles. The molecule has 0 aliphatic carbocycles. The van der Waals surface area contributed by atoms with E-state index in [1.54, 1.807) is 35.2 Å². The number of carbonyl (C=O) groups is 3. The molecule has 1 aromatic heterocycles. The van der Waals surface area contributed by atoms with Gasteiger partial charge in [0.2, 0.25) is 11.8 Å². The van der Waals surface area contributed by atoms with E-state index >= 15 is 0 Å². The number of carboxylic acids is 1. The molecule has 2 N–H and O–H groups in total. The van der Waals surface area contributed by atoms with Crippen molar-refractivity contribution in [3.63, 3.8) is 0 Å². The Bertz CT molecular complexity index is 1320. The smallest absolute Gasteiger partial charge is 0.346 e. The normalized spacial score (nSPS) is 19.1. The molecule has 1 unspecified atom stereocenters. The maximum Gasteiger partial charge on any atom is 0.346 e. The van der Waals surface area contributed by atoms with Crippen LogP contribution in [-0.4, -0.2) is 29.4 Å². The summed E-state index contributed by atoms with van der Waals surface area (Å²) in [5.74, 6) is -2.27. The highest BCUT2D eigenvalue weighted by Gasteiger charge is 2.58. The van der Waals surface area contributed by atoms with Gasteiger partial charge in [0.1, 0.15) is 16.1 Å². The van der Waals surface area contributed by atoms with Crippen LogP contribution in [0.2, 0.25) is 0 Å². The average Bonchev–Trinajstić information content (AvgIpc) is 3.25. The predicted octanol–water partition coefficient (Wildman–Crippen LogP) is 4.88. The number of hydrogen-bond donors (Lipinski definition) is 2. The van der Waals surface area contributed by atoms with Crippen LogP contribution in [0.25, 0.3) is 11.1 Å². The Balaban J connectivity index is 1.84. The number of carboxylic acid groups (broad SMARTS) is 1. The second-order valence-corrected chi connectivity index (χ2v) is 9.80. The van der Waals surface area contributed by atoms with Crippen LogP contribution in [0.4, 0.5) is 15.8 Å². The van der Waals surface area contributed by atoms with E-state index in [0.717, 1.165) is 11.3 Å². The van der Waals surface area contributed by atoms with E-state index in [1.165, 1.54) is 12.1 Å². The van der Waals surface area contributed by atoms with Crippen LogP contribution < -0.4 is 10.2 Å². The van der Waals surface area contributed by atoms with Gasteiger partial charge in [-0.15, -0.1) is 11.3 Å². The van der Waals surface area contributed by atoms with Crippen molar-refractivity contribution in [2.24, 2.45) is 5.92 Å². The molecular formula is C25H21FN2O4S. The minimum atomic E-state index is -1.47. The van der Waals surface area contributed by atoms with Crippen molar-refractivity contribution in [2.75, 3.05) is 16.8 Å². The Labute approximate surface area is 193 Å². The monoisotopic (exact) mass is 464 g/mol. The second-order valence-electron chi connectivity index (χ2n) is 8.78. The van der Waals surface area contributed by atoms with Gasteiger partial charge in [-0.3, -0.25) is 9.59 Å². The van der Waals surface area contributed by atoms with Crippen LogP contribution in [0.3, 0.4) is 0 Å². The lowest BCUT2D eigenvalue weighted by Gasteiger charge is -2.33. The number of benzene rings is 2. The second kappa shape index (κ2) is 7.52. The molecule has 168 valence electrons. The Hall–Kier alpha value is -3.52. The lowest BCUT2D eigenvalue weighted by molar-refractivity contribution is -0.126. The number of nitrogens with one attached hydrogen (secondary N) is 1. The van der Waals surface area contributed by atoms with Gasteiger partial charge in [-0.2, -0.15) is 0 Å². The number of anilines is 2. The van der Waals surface area contributed by atoms with Crippen molar-refractivity contribution in [3.8, 4) is 11.1 Å². The molecular weight excluding hydrogens is 443 g/mol. The molecule has 6 nitrogen and oxygen atoms in total. The summed E-state index contributed by atoms with van der Waals surface area (Å²) in [6.07, 6.45) is -0.211. The Morgan fingerprint density at radius 2 is 1.94 bits per heavy atom. The first-order chi connectivity index (χ1) is 15.7. The van der Waals surface area contributed by atoms with Crippen molar-refractivity contribution in [2.45, 2.75) is 25.7 Å². The third-order valence-electron chi connectivity index (χ3n) is 6.11. The van der Waals surface area contributed by atoms with E-state index in [-0.39, 0.29) is 23.1 Å². The first-order valence-corrected chi connectivity index (χ1v) is 11.4. The fourth-order valence-corrected chi connectivity index (χ4v) is 6.18. The lowest BCUT2D eigenvalue weighted by atomic mass is 9.74. The van der Waals surface area contributed by atoms with E-state index in [9.17, 15) is 23.9 Å². The molecule has 3 aromatic rings. The summed E-state index contributed by atoms with van der Waals surface area (Å²) in [5.41, 5.74) is 0.794. The standard InChI is InChI=1S/C25H21FN2O4S/c1-13(2)12-28-17-9-8-15(26)10-16(17)25(24(28)32)11-18(29)27-20-19(14-6-4-3-5-7-14)21(23(30)31)33-22(20)25/h3-10,13H,11-12H2,1-2H3,(H,27,29)(H,30,31). The number of carbonyl (C=O) groups excluding carboxylic acids is 2. The minimum Gasteiger partial charge on any atom is -0.477 e. The Kier molecular flexibility index (Phi) is 4.86. The zero-order valence-electron chi connectivity index (χ0n) is 18.0. The molecule has 1 atom stereocenters. The lowest BCUT2D eigenvalue weighted by Crippen LogP contribution is -2.46. The molecule has 33 heavy (non-hydrogen) atoms. The molecule has 0 fully saturated rings. The fraction of sp³-hybridized carbons (Fsp3) is 0.240. The van der Waals surface area contributed by atoms with Crippen LogP contribution in [0, 0.1) is 11.7 Å². The van der Waals surface area contributed by atoms with Crippen molar-refractivity contribution in [1.29, 1.82) is 0 Å². The molecule has 2 aliphatic heterocycles. The third kappa shape index (κ3) is 3.08. The summed E-state index contributed by atoms with van der Waals surface area (Å²) in [5, 5.41) is 12.8. The highest BCUT2D eigenvalue weighted by molar-refractivity contribution is 7.15. The molecule has 0 radical (unpaired) electrons. The SMILES string of the molecule is CC(C)CN1C(=O)C2(CC(=O)Nc3c2sc(C(=O)O)c3-c2ccccc2)c2cc(F)ccc21. The fourth-order valence-electron chi connectivity index (χ4n) is 4.86. The van der Waals surface area contributed by atoms with E-state index in [2.05, 4.69) is 5.32 Å². The average molecular weight is 465 g/mol. The number of halogens is 1. The van der Waals surface area contributed by atoms with Gasteiger partial charge < -0.3 is 15.3 Å². The van der Waals surface area contributed by atoms with Gasteiger partial charge in [-0.1, -0.05) is 44.2 Å². The van der Waals surface area contributed by atoms with Crippen molar-refractivity contribution < 1.29 is 23.9 Å². The molecule has 2 aromatic carbocycles. The largest absolute Gasteiger partial charge is 0.477 e. The molecule has 0 bridgehead atoms. The number of thiophene rings is 1. The third-order valence-corrected chi connectivity index (χ3v) is 7.45. The van der Waals surface area contributed by atoms with Gasteiger partial charge in [0.25, 0.3) is 0 Å². The zero-order chi connectivity index (χ0) is 23.5. The molecule has 2 amide bonds. The van der Waals surface area contributed by atoms with E-state index in [4.69, 9.17) is 0 Å². The summed E-state index contributed by atoms with van der Waals surface area (Å²) in [4.78, 5) is 41.3. The number of hydrogen-bond acceptors (Lipinski definition) is 4. The van der Waals surface area contributed by atoms with Crippen molar-refractivity contribution in [3.05, 3.63) is 69.7 Å². The Morgan fingerprint density at radius 1 is 1.21 bits per heavy atom. The molecule has 0 saturated heterocycles. The number of aromatic carboxylic acids is 1. The highest BCUT2D eigenvalue weighted by atomic mass is 32.1. The van der Waals surface area contributed by atoms with Crippen LogP contribution in [-0.2, 0) is 15.0 Å². The number of rotatable bonds is 4. The predicted molar refractivity (Wildman–Crippen MR) is 124 cm³/mol. The summed E-state index contributed by atoms with van der Waals surface area (Å²) >= 11 is 0.973. The van der Waals surface area contributed by atoms with Crippen molar-refractivity contribution >= 4 is 40.5 Å². The maximum atomic E-state index is 14.4. The van der Waals surface area contributed by atoms with Gasteiger partial charge in [-0.25, -0.2) is 9.18 Å². The van der Waals surface area contributed by atoms with Crippen LogP contribution in [0.5, 0.6) is 0 Å². The Morgan fingerprint density at radius 3 is 2.61 bits per heavy atom. The molecule has 5 rings (SSSR count). The van der Waals surface area contributed by atoms with Gasteiger partial charge in [0, 0.05) is 23.4 Å². The van der Waals surface area contributed by atoms with E-state index < -0.39 is 23.1 Å². The van der Waals surface area contributed by atoms with Crippen LogP contribution in [0.15, 0.2) is 48.5 Å². The quantitative estimate of drug-likeness (QED) is 0.576. The van der Waals surface area contributed by atoms with Gasteiger partial charge in [0.15, 0.2) is 0 Å². The van der Waals surface area contributed by atoms with Crippen LogP contribution >= 0.6 is 11.3 Å². The van der Waals surface area contributed by atoms with Gasteiger partial charge in [-0.05, 0) is 29.7 Å². The van der Waals surface area contributed by atoms with E-state index in [1.807, 2.05) is 19.9 Å². The minimum absolute atomic E-state index is 0.0286. The molecule has 2 aliphatic rings. The summed E-state index contributed by atoms with van der Waals surface area (Å²) < 4.78 is 14.4. The number of fused-ring (bicyclic) bond motifs is 4. The number of nitrogens with zero attached hydrogens (tertiary/aromatic N) is 1. The first-order valence-electron chi connectivity index (χ1n) is 10.6. The van der Waals surface area contributed by atoms with Crippen LogP contribution in [0.1, 0.15) is 40.4 Å². The zero-order valence-corrected chi connectivity index (χ0v) is 18.8. The summed E-state index contributed by atoms with van der Waals surface area (Å²) in [7, 11) is 0. The van der Waals surface area contributed by atoms with Crippen molar-refractivity contribution in [1.82, 2.24) is 0 Å². The van der Waals surface area contributed by atoms with Gasteiger partial charge >= 0.3 is 5.97 Å².